The maximum Gasteiger partial charge on any atom is 0.123 e. The summed E-state index contributed by atoms with van der Waals surface area (Å²) >= 11 is 0. The van der Waals surface area contributed by atoms with E-state index in [0.717, 1.165) is 12.3 Å². The van der Waals surface area contributed by atoms with Crippen molar-refractivity contribution in [1.29, 1.82) is 0 Å². The van der Waals surface area contributed by atoms with Crippen LogP contribution in [0.2, 0.25) is 0 Å². The van der Waals surface area contributed by atoms with Gasteiger partial charge in [-0.3, -0.25) is 0 Å². The number of para-hydroxylation sites is 1. The number of hydrogen-bond acceptors (Lipinski definition) is 2. The molecule has 1 aliphatic rings. The summed E-state index contributed by atoms with van der Waals surface area (Å²) in [5, 5.41) is 3.62. The Hall–Kier alpha value is -1.80. The smallest absolute Gasteiger partial charge is 0.123 e. The van der Waals surface area contributed by atoms with Crippen molar-refractivity contribution >= 4 is 0 Å². The monoisotopic (exact) mass is 253 g/mol. The van der Waals surface area contributed by atoms with Gasteiger partial charge in [0, 0.05) is 24.1 Å². The van der Waals surface area contributed by atoms with E-state index in [0.29, 0.717) is 12.0 Å². The Morgan fingerprint density at radius 2 is 1.79 bits per heavy atom. The molecule has 0 radical (unpaired) electrons. The second kappa shape index (κ2) is 5.45. The third-order valence-corrected chi connectivity index (χ3v) is 3.77. The standard InChI is InChI=1S/C17H19NO/c1-19-17-10-6-5-9-14(17)12-18-16-11-15(16)13-7-3-2-4-8-13/h2-10,15-16,18H,11-12H2,1H3/t15-,16-/m0/s1. The lowest BCUT2D eigenvalue weighted by molar-refractivity contribution is 0.407. The molecule has 0 heterocycles. The molecule has 2 heteroatoms. The molecule has 0 aliphatic heterocycles. The highest BCUT2D eigenvalue weighted by Crippen LogP contribution is 2.40. The van der Waals surface area contributed by atoms with Crippen LogP contribution in [0.15, 0.2) is 54.6 Å². The lowest BCUT2D eigenvalue weighted by atomic mass is 10.1. The first-order valence-corrected chi connectivity index (χ1v) is 6.78. The number of hydrogen-bond donors (Lipinski definition) is 1. The Morgan fingerprint density at radius 3 is 2.58 bits per heavy atom. The molecule has 0 saturated heterocycles. The molecule has 0 spiro atoms. The molecule has 2 nitrogen and oxygen atoms in total. The fourth-order valence-electron chi connectivity index (χ4n) is 2.58. The Labute approximate surface area is 114 Å². The van der Waals surface area contributed by atoms with Gasteiger partial charge in [0.05, 0.1) is 7.11 Å². The first kappa shape index (κ1) is 12.2. The van der Waals surface area contributed by atoms with Crippen LogP contribution in [0.4, 0.5) is 0 Å². The average Bonchev–Trinajstić information content (AvgIpc) is 3.26. The molecular formula is C17H19NO. The summed E-state index contributed by atoms with van der Waals surface area (Å²) in [5.74, 6) is 1.64. The van der Waals surface area contributed by atoms with Crippen LogP contribution < -0.4 is 10.1 Å². The van der Waals surface area contributed by atoms with E-state index in [1.165, 1.54) is 17.5 Å². The molecule has 19 heavy (non-hydrogen) atoms. The highest BCUT2D eigenvalue weighted by atomic mass is 16.5. The van der Waals surface area contributed by atoms with Crippen molar-refractivity contribution in [3.63, 3.8) is 0 Å². The SMILES string of the molecule is COc1ccccc1CN[C@H]1C[C@H]1c1ccccc1. The summed E-state index contributed by atoms with van der Waals surface area (Å²) in [6.45, 7) is 0.873. The molecule has 1 saturated carbocycles. The average molecular weight is 253 g/mol. The van der Waals surface area contributed by atoms with Crippen molar-refractivity contribution in [2.45, 2.75) is 24.9 Å². The number of benzene rings is 2. The van der Waals surface area contributed by atoms with Crippen LogP contribution in [0.3, 0.4) is 0 Å². The van der Waals surface area contributed by atoms with Crippen LogP contribution in [-0.2, 0) is 6.54 Å². The van der Waals surface area contributed by atoms with Gasteiger partial charge in [0.1, 0.15) is 5.75 Å². The van der Waals surface area contributed by atoms with Crippen LogP contribution in [-0.4, -0.2) is 13.2 Å². The van der Waals surface area contributed by atoms with Crippen molar-refractivity contribution in [1.82, 2.24) is 5.32 Å². The summed E-state index contributed by atoms with van der Waals surface area (Å²) in [4.78, 5) is 0. The summed E-state index contributed by atoms with van der Waals surface area (Å²) in [5.41, 5.74) is 2.67. The highest BCUT2D eigenvalue weighted by molar-refractivity contribution is 5.34. The lowest BCUT2D eigenvalue weighted by Crippen LogP contribution is -2.17. The first-order chi connectivity index (χ1) is 9.38. The molecular weight excluding hydrogens is 234 g/mol. The second-order valence-electron chi connectivity index (χ2n) is 5.05. The number of rotatable bonds is 5. The van der Waals surface area contributed by atoms with E-state index in [1.807, 2.05) is 12.1 Å². The largest absolute Gasteiger partial charge is 0.496 e. The van der Waals surface area contributed by atoms with E-state index in [-0.39, 0.29) is 0 Å². The summed E-state index contributed by atoms with van der Waals surface area (Å²) in [7, 11) is 1.72. The molecule has 1 aliphatic carbocycles. The van der Waals surface area contributed by atoms with Crippen LogP contribution >= 0.6 is 0 Å². The zero-order valence-electron chi connectivity index (χ0n) is 11.2. The molecule has 0 amide bonds. The van der Waals surface area contributed by atoms with Gasteiger partial charge in [-0.15, -0.1) is 0 Å². The fraction of sp³-hybridized carbons (Fsp3) is 0.294. The van der Waals surface area contributed by atoms with Gasteiger partial charge in [-0.05, 0) is 18.1 Å². The summed E-state index contributed by atoms with van der Waals surface area (Å²) in [6.07, 6.45) is 1.24. The van der Waals surface area contributed by atoms with Crippen molar-refractivity contribution < 1.29 is 4.74 Å². The van der Waals surface area contributed by atoms with Crippen LogP contribution in [0, 0.1) is 0 Å². The summed E-state index contributed by atoms with van der Waals surface area (Å²) < 4.78 is 5.37. The van der Waals surface area contributed by atoms with Crippen molar-refractivity contribution in [2.24, 2.45) is 0 Å². The van der Waals surface area contributed by atoms with E-state index >= 15 is 0 Å². The van der Waals surface area contributed by atoms with Gasteiger partial charge in [0.25, 0.3) is 0 Å². The molecule has 2 aromatic carbocycles. The maximum absolute atomic E-state index is 5.37. The minimum absolute atomic E-state index is 0.604. The van der Waals surface area contributed by atoms with Gasteiger partial charge in [0.15, 0.2) is 0 Å². The third kappa shape index (κ3) is 2.79. The van der Waals surface area contributed by atoms with E-state index in [2.05, 4.69) is 47.8 Å². The number of ether oxygens (including phenoxy) is 1. The molecule has 0 bridgehead atoms. The highest BCUT2D eigenvalue weighted by Gasteiger charge is 2.37. The quantitative estimate of drug-likeness (QED) is 0.882. The van der Waals surface area contributed by atoms with E-state index in [4.69, 9.17) is 4.74 Å². The molecule has 0 aromatic heterocycles. The van der Waals surface area contributed by atoms with Crippen LogP contribution in [0.25, 0.3) is 0 Å². The molecule has 1 N–H and O–H groups in total. The minimum Gasteiger partial charge on any atom is -0.496 e. The number of nitrogens with one attached hydrogen (secondary N) is 1. The Bertz CT molecular complexity index is 538. The van der Waals surface area contributed by atoms with Gasteiger partial charge in [-0.2, -0.15) is 0 Å². The Morgan fingerprint density at radius 1 is 1.05 bits per heavy atom. The molecule has 2 aromatic rings. The van der Waals surface area contributed by atoms with Gasteiger partial charge < -0.3 is 10.1 Å². The molecule has 0 unspecified atom stereocenters. The Balaban J connectivity index is 1.57. The van der Waals surface area contributed by atoms with Gasteiger partial charge in [-0.1, -0.05) is 48.5 Å². The molecule has 3 rings (SSSR count). The second-order valence-corrected chi connectivity index (χ2v) is 5.05. The maximum atomic E-state index is 5.37. The van der Waals surface area contributed by atoms with Crippen molar-refractivity contribution in [3.05, 3.63) is 65.7 Å². The van der Waals surface area contributed by atoms with Gasteiger partial charge in [-0.25, -0.2) is 0 Å². The number of methoxy groups -OCH3 is 1. The molecule has 98 valence electrons. The van der Waals surface area contributed by atoms with E-state index < -0.39 is 0 Å². The van der Waals surface area contributed by atoms with Gasteiger partial charge >= 0.3 is 0 Å². The normalized spacial score (nSPS) is 21.1. The third-order valence-electron chi connectivity index (χ3n) is 3.77. The zero-order chi connectivity index (χ0) is 13.1. The first-order valence-electron chi connectivity index (χ1n) is 6.78. The summed E-state index contributed by atoms with van der Waals surface area (Å²) in [6, 6.07) is 19.5. The van der Waals surface area contributed by atoms with Crippen LogP contribution in [0.1, 0.15) is 23.5 Å². The van der Waals surface area contributed by atoms with Gasteiger partial charge in [0.2, 0.25) is 0 Å². The topological polar surface area (TPSA) is 21.3 Å². The van der Waals surface area contributed by atoms with E-state index in [1.54, 1.807) is 7.11 Å². The Kier molecular flexibility index (Phi) is 3.51. The van der Waals surface area contributed by atoms with Crippen molar-refractivity contribution in [2.75, 3.05) is 7.11 Å². The van der Waals surface area contributed by atoms with E-state index in [9.17, 15) is 0 Å². The molecule has 2 atom stereocenters. The zero-order valence-corrected chi connectivity index (χ0v) is 11.2. The molecule has 1 fully saturated rings. The minimum atomic E-state index is 0.604. The predicted octanol–water partition coefficient (Wildman–Crippen LogP) is 3.34. The fourth-order valence-corrected chi connectivity index (χ4v) is 2.58. The van der Waals surface area contributed by atoms with Crippen LogP contribution in [0.5, 0.6) is 5.75 Å². The lowest BCUT2D eigenvalue weighted by Gasteiger charge is -2.09. The van der Waals surface area contributed by atoms with Crippen molar-refractivity contribution in [3.8, 4) is 5.75 Å². The predicted molar refractivity (Wildman–Crippen MR) is 77.4 cm³/mol.